The first-order valence-corrected chi connectivity index (χ1v) is 16.1. The Morgan fingerprint density at radius 2 is 1.76 bits per heavy atom. The number of imidazole rings is 1. The highest BCUT2D eigenvalue weighted by Crippen LogP contribution is 2.31. The fourth-order valence-corrected chi connectivity index (χ4v) is 6.17. The summed E-state index contributed by atoms with van der Waals surface area (Å²) in [6, 6.07) is 20.2. The van der Waals surface area contributed by atoms with E-state index >= 15 is 0 Å². The zero-order valence-corrected chi connectivity index (χ0v) is 26.8. The van der Waals surface area contributed by atoms with Crippen LogP contribution in [0.3, 0.4) is 0 Å². The first-order chi connectivity index (χ1) is 23.8. The molecule has 7 rings (SSSR count). The lowest BCUT2D eigenvalue weighted by Gasteiger charge is -2.29. The number of piperidine rings is 1. The SMILES string of the molecule is COc1ccc2nc(-c3ccc(-c4ccnc(NC(=O)CCCCOc5ccc6c(c5)CN(C5CCC(=O)NC5=O)C6=O)c4)cc3)cn2c1. The molecule has 2 aliphatic heterocycles. The molecule has 12 heteroatoms. The fraction of sp³-hybridized carbons (Fsp3) is 0.243. The topological polar surface area (TPSA) is 144 Å². The zero-order chi connectivity index (χ0) is 33.9. The number of pyridine rings is 2. The number of methoxy groups -OCH3 is 1. The van der Waals surface area contributed by atoms with Gasteiger partial charge >= 0.3 is 0 Å². The molecule has 2 N–H and O–H groups in total. The molecule has 3 aromatic heterocycles. The first kappa shape index (κ1) is 31.6. The molecule has 0 spiro atoms. The van der Waals surface area contributed by atoms with E-state index in [0.29, 0.717) is 49.4 Å². The molecule has 0 aliphatic carbocycles. The molecule has 0 saturated carbocycles. The molecule has 1 fully saturated rings. The van der Waals surface area contributed by atoms with Gasteiger partial charge in [-0.25, -0.2) is 9.97 Å². The van der Waals surface area contributed by atoms with E-state index in [1.54, 1.807) is 25.4 Å². The number of carbonyl (C=O) groups excluding carboxylic acids is 4. The minimum Gasteiger partial charge on any atom is -0.495 e. The molecule has 4 amide bonds. The maximum Gasteiger partial charge on any atom is 0.255 e. The lowest BCUT2D eigenvalue weighted by atomic mass is 10.0. The predicted octanol–water partition coefficient (Wildman–Crippen LogP) is 5.02. The third-order valence-electron chi connectivity index (χ3n) is 8.76. The van der Waals surface area contributed by atoms with E-state index < -0.39 is 11.9 Å². The van der Waals surface area contributed by atoms with Crippen molar-refractivity contribution < 1.29 is 28.7 Å². The third kappa shape index (κ3) is 6.84. The number of carbonyl (C=O) groups is 4. The predicted molar refractivity (Wildman–Crippen MR) is 181 cm³/mol. The zero-order valence-electron chi connectivity index (χ0n) is 26.8. The summed E-state index contributed by atoms with van der Waals surface area (Å²) in [6.45, 7) is 0.696. The van der Waals surface area contributed by atoms with E-state index in [1.165, 1.54) is 4.90 Å². The second-order valence-electron chi connectivity index (χ2n) is 12.0. The Bertz CT molecular complexity index is 2070. The number of aromatic nitrogens is 3. The summed E-state index contributed by atoms with van der Waals surface area (Å²) in [4.78, 5) is 59.9. The monoisotopic (exact) mass is 658 g/mol. The smallest absolute Gasteiger partial charge is 0.255 e. The van der Waals surface area contributed by atoms with Gasteiger partial charge in [-0.1, -0.05) is 24.3 Å². The molecule has 0 radical (unpaired) electrons. The molecule has 248 valence electrons. The molecular formula is C37H34N6O6. The fourth-order valence-electron chi connectivity index (χ4n) is 6.17. The molecule has 5 aromatic rings. The van der Waals surface area contributed by atoms with E-state index in [9.17, 15) is 19.2 Å². The second-order valence-corrected chi connectivity index (χ2v) is 12.0. The van der Waals surface area contributed by atoms with Crippen molar-refractivity contribution in [1.82, 2.24) is 24.6 Å². The average Bonchev–Trinajstić information content (AvgIpc) is 3.68. The molecule has 5 heterocycles. The Hall–Kier alpha value is -6.04. The van der Waals surface area contributed by atoms with Crippen LogP contribution >= 0.6 is 0 Å². The number of anilines is 1. The molecule has 0 bridgehead atoms. The normalized spacial score (nSPS) is 15.7. The highest BCUT2D eigenvalue weighted by Gasteiger charge is 2.39. The third-order valence-corrected chi connectivity index (χ3v) is 8.76. The number of ether oxygens (including phenoxy) is 2. The second kappa shape index (κ2) is 13.6. The Kier molecular flexibility index (Phi) is 8.75. The highest BCUT2D eigenvalue weighted by atomic mass is 16.5. The number of fused-ring (bicyclic) bond motifs is 2. The van der Waals surface area contributed by atoms with Gasteiger partial charge in [0.1, 0.15) is 29.0 Å². The summed E-state index contributed by atoms with van der Waals surface area (Å²) in [5.74, 6) is 0.760. The molecule has 12 nitrogen and oxygen atoms in total. The van der Waals surface area contributed by atoms with E-state index in [1.807, 2.05) is 71.4 Å². The largest absolute Gasteiger partial charge is 0.495 e. The van der Waals surface area contributed by atoms with Crippen LogP contribution in [0.4, 0.5) is 5.82 Å². The minimum absolute atomic E-state index is 0.131. The van der Waals surface area contributed by atoms with Crippen LogP contribution < -0.4 is 20.1 Å². The molecular weight excluding hydrogens is 624 g/mol. The number of unbranched alkanes of at least 4 members (excludes halogenated alkanes) is 1. The highest BCUT2D eigenvalue weighted by molar-refractivity contribution is 6.05. The summed E-state index contributed by atoms with van der Waals surface area (Å²) in [6.07, 6.45) is 7.66. The Balaban J connectivity index is 0.874. The standard InChI is InChI=1S/C37H34N6O6/c1-48-28-10-13-33-39-30(22-42(33)21-28)24-7-5-23(6-8-24)25-15-16-38-32(19-25)40-34(44)4-2-3-17-49-27-9-11-29-26(18-27)20-43(37(29)47)31-12-14-35(45)41-36(31)46/h5-11,13,15-16,18-19,21-22,31H,2-4,12,14,17,20H2,1H3,(H,38,40,44)(H,41,45,46). The molecule has 2 aromatic carbocycles. The minimum atomic E-state index is -0.654. The Labute approximate surface area is 282 Å². The molecule has 1 unspecified atom stereocenters. The van der Waals surface area contributed by atoms with Crippen molar-refractivity contribution in [3.63, 3.8) is 0 Å². The summed E-state index contributed by atoms with van der Waals surface area (Å²) < 4.78 is 13.1. The van der Waals surface area contributed by atoms with E-state index in [0.717, 1.165) is 39.3 Å². The van der Waals surface area contributed by atoms with E-state index in [2.05, 4.69) is 15.6 Å². The molecule has 2 aliphatic rings. The number of hydrogen-bond acceptors (Lipinski definition) is 8. The summed E-state index contributed by atoms with van der Waals surface area (Å²) in [5.41, 5.74) is 5.92. The van der Waals surface area contributed by atoms with Gasteiger partial charge in [0.25, 0.3) is 5.91 Å². The van der Waals surface area contributed by atoms with Gasteiger partial charge in [-0.2, -0.15) is 0 Å². The van der Waals surface area contributed by atoms with E-state index in [-0.39, 0.29) is 30.7 Å². The number of imide groups is 1. The van der Waals surface area contributed by atoms with Crippen LogP contribution in [0.2, 0.25) is 0 Å². The van der Waals surface area contributed by atoms with Crippen molar-refractivity contribution in [2.24, 2.45) is 0 Å². The van der Waals surface area contributed by atoms with Crippen molar-refractivity contribution in [2.75, 3.05) is 19.0 Å². The lowest BCUT2D eigenvalue weighted by Crippen LogP contribution is -2.52. The van der Waals surface area contributed by atoms with Gasteiger partial charge in [-0.05, 0) is 78.4 Å². The number of nitrogens with zero attached hydrogens (tertiary/aromatic N) is 4. The summed E-state index contributed by atoms with van der Waals surface area (Å²) in [5, 5.41) is 5.21. The van der Waals surface area contributed by atoms with Crippen LogP contribution in [0, 0.1) is 0 Å². The van der Waals surface area contributed by atoms with Crippen LogP contribution in [-0.2, 0) is 20.9 Å². The molecule has 1 atom stereocenters. The number of nitrogens with one attached hydrogen (secondary N) is 2. The average molecular weight is 659 g/mol. The number of hydrogen-bond donors (Lipinski definition) is 2. The van der Waals surface area contributed by atoms with Crippen molar-refractivity contribution in [1.29, 1.82) is 0 Å². The Morgan fingerprint density at radius 1 is 0.939 bits per heavy atom. The van der Waals surface area contributed by atoms with Gasteiger partial charge < -0.3 is 24.1 Å². The van der Waals surface area contributed by atoms with Crippen molar-refractivity contribution in [3.8, 4) is 33.9 Å². The van der Waals surface area contributed by atoms with Gasteiger partial charge in [0, 0.05) is 42.9 Å². The van der Waals surface area contributed by atoms with Gasteiger partial charge in [0.15, 0.2) is 0 Å². The van der Waals surface area contributed by atoms with Crippen molar-refractivity contribution in [3.05, 3.63) is 96.4 Å². The van der Waals surface area contributed by atoms with Crippen LogP contribution in [0.25, 0.3) is 28.0 Å². The van der Waals surface area contributed by atoms with Gasteiger partial charge in [0.05, 0.1) is 25.6 Å². The lowest BCUT2D eigenvalue weighted by molar-refractivity contribution is -0.137. The maximum absolute atomic E-state index is 12.9. The van der Waals surface area contributed by atoms with Crippen LogP contribution in [0.15, 0.2) is 85.3 Å². The summed E-state index contributed by atoms with van der Waals surface area (Å²) in [7, 11) is 1.64. The van der Waals surface area contributed by atoms with Crippen molar-refractivity contribution in [2.45, 2.75) is 44.7 Å². The van der Waals surface area contributed by atoms with Crippen LogP contribution in [0.5, 0.6) is 11.5 Å². The van der Waals surface area contributed by atoms with E-state index in [4.69, 9.17) is 14.5 Å². The van der Waals surface area contributed by atoms with Crippen molar-refractivity contribution >= 4 is 35.1 Å². The Morgan fingerprint density at radius 3 is 2.57 bits per heavy atom. The van der Waals surface area contributed by atoms with Crippen LogP contribution in [0.1, 0.15) is 48.0 Å². The first-order valence-electron chi connectivity index (χ1n) is 16.1. The summed E-state index contributed by atoms with van der Waals surface area (Å²) >= 11 is 0. The number of amides is 4. The quantitative estimate of drug-likeness (QED) is 0.149. The van der Waals surface area contributed by atoms with Gasteiger partial charge in [-0.15, -0.1) is 0 Å². The van der Waals surface area contributed by atoms with Gasteiger partial charge in [0.2, 0.25) is 17.7 Å². The number of benzene rings is 2. The molecule has 49 heavy (non-hydrogen) atoms. The maximum atomic E-state index is 12.9. The molecule has 1 saturated heterocycles. The van der Waals surface area contributed by atoms with Gasteiger partial charge in [-0.3, -0.25) is 24.5 Å². The van der Waals surface area contributed by atoms with Crippen LogP contribution in [-0.4, -0.2) is 62.7 Å². The number of rotatable bonds is 11.